The van der Waals surface area contributed by atoms with Gasteiger partial charge in [-0.2, -0.15) is 0 Å². The zero-order valence-corrected chi connectivity index (χ0v) is 18.7. The van der Waals surface area contributed by atoms with E-state index in [1.807, 2.05) is 36.4 Å². The van der Waals surface area contributed by atoms with Gasteiger partial charge >= 0.3 is 0 Å². The molecular weight excluding hydrogens is 418 g/mol. The summed E-state index contributed by atoms with van der Waals surface area (Å²) >= 11 is 0. The first kappa shape index (κ1) is 24.1. The highest BCUT2D eigenvalue weighted by Gasteiger charge is 2.23. The molecule has 0 saturated carbocycles. The fourth-order valence-electron chi connectivity index (χ4n) is 3.89. The molecule has 3 aromatic rings. The Hall–Kier alpha value is -3.55. The van der Waals surface area contributed by atoms with Gasteiger partial charge in [0.15, 0.2) is 0 Å². The summed E-state index contributed by atoms with van der Waals surface area (Å²) in [5, 5.41) is 23.3. The van der Waals surface area contributed by atoms with Crippen molar-refractivity contribution < 1.29 is 14.8 Å². The number of nitro benzene ring substituents is 1. The molecule has 0 aliphatic carbocycles. The number of amides is 1. The van der Waals surface area contributed by atoms with E-state index < -0.39 is 4.92 Å². The molecule has 33 heavy (non-hydrogen) atoms. The van der Waals surface area contributed by atoms with E-state index in [4.69, 9.17) is 0 Å². The number of nitrogens with zero attached hydrogens (tertiary/aromatic N) is 2. The molecule has 0 fully saturated rings. The normalized spacial score (nSPS) is 11.0. The van der Waals surface area contributed by atoms with Gasteiger partial charge in [-0.25, -0.2) is 0 Å². The number of carbonyl (C=O) groups is 1. The summed E-state index contributed by atoms with van der Waals surface area (Å²) < 4.78 is 0. The predicted octanol–water partition coefficient (Wildman–Crippen LogP) is 4.71. The summed E-state index contributed by atoms with van der Waals surface area (Å²) in [6, 6.07) is 24.6. The summed E-state index contributed by atoms with van der Waals surface area (Å²) in [5.74, 6) is -0.166. The Kier molecular flexibility index (Phi) is 8.69. The van der Waals surface area contributed by atoms with Gasteiger partial charge < -0.3 is 10.4 Å². The maximum absolute atomic E-state index is 12.7. The van der Waals surface area contributed by atoms with Crippen molar-refractivity contribution in [3.63, 3.8) is 0 Å². The SMILES string of the molecule is Cc1cc([N+](=O)[O-])ccc1NC(=O)CCN(CCCO)C(c1ccccc1)c1ccccc1. The number of carbonyl (C=O) groups excluding carboxylic acids is 1. The molecule has 0 spiro atoms. The maximum Gasteiger partial charge on any atom is 0.269 e. The van der Waals surface area contributed by atoms with Crippen molar-refractivity contribution in [3.8, 4) is 0 Å². The molecule has 172 valence electrons. The number of hydrogen-bond donors (Lipinski definition) is 2. The smallest absolute Gasteiger partial charge is 0.269 e. The minimum atomic E-state index is -0.453. The van der Waals surface area contributed by atoms with Gasteiger partial charge in [0.25, 0.3) is 5.69 Å². The lowest BCUT2D eigenvalue weighted by Crippen LogP contribution is -2.34. The summed E-state index contributed by atoms with van der Waals surface area (Å²) in [7, 11) is 0. The van der Waals surface area contributed by atoms with Gasteiger partial charge in [-0.1, -0.05) is 60.7 Å². The second kappa shape index (κ2) is 11.9. The van der Waals surface area contributed by atoms with Crippen LogP contribution >= 0.6 is 0 Å². The lowest BCUT2D eigenvalue weighted by molar-refractivity contribution is -0.384. The Labute approximate surface area is 193 Å². The molecule has 3 aromatic carbocycles. The Morgan fingerprint density at radius 1 is 1.00 bits per heavy atom. The van der Waals surface area contributed by atoms with Crippen molar-refractivity contribution in [2.45, 2.75) is 25.8 Å². The van der Waals surface area contributed by atoms with Crippen LogP contribution in [0.3, 0.4) is 0 Å². The fourth-order valence-corrected chi connectivity index (χ4v) is 3.89. The Balaban J connectivity index is 1.76. The minimum absolute atomic E-state index is 0.00533. The van der Waals surface area contributed by atoms with E-state index >= 15 is 0 Å². The third kappa shape index (κ3) is 6.71. The van der Waals surface area contributed by atoms with Crippen molar-refractivity contribution in [1.29, 1.82) is 0 Å². The standard InChI is InChI=1S/C26H29N3O4/c1-20-19-23(29(32)33)13-14-24(20)27-25(31)15-17-28(16-8-18-30)26(21-9-4-2-5-10-21)22-11-6-3-7-12-22/h2-7,9-14,19,26,30H,8,15-18H2,1H3,(H,27,31). The number of benzene rings is 3. The Morgan fingerprint density at radius 2 is 1.61 bits per heavy atom. The highest BCUT2D eigenvalue weighted by atomic mass is 16.6. The molecule has 0 saturated heterocycles. The maximum atomic E-state index is 12.7. The van der Waals surface area contributed by atoms with Crippen molar-refractivity contribution in [3.05, 3.63) is 106 Å². The number of hydrogen-bond acceptors (Lipinski definition) is 5. The molecule has 0 unspecified atom stereocenters. The molecule has 0 atom stereocenters. The van der Waals surface area contributed by atoms with Crippen molar-refractivity contribution in [2.75, 3.05) is 25.0 Å². The van der Waals surface area contributed by atoms with Crippen LogP contribution < -0.4 is 5.32 Å². The predicted molar refractivity (Wildman–Crippen MR) is 129 cm³/mol. The molecule has 0 bridgehead atoms. The zero-order valence-electron chi connectivity index (χ0n) is 18.7. The second-order valence-corrected chi connectivity index (χ2v) is 7.89. The monoisotopic (exact) mass is 447 g/mol. The van der Waals surface area contributed by atoms with E-state index in [-0.39, 0.29) is 30.7 Å². The number of nitro groups is 1. The van der Waals surface area contributed by atoms with E-state index in [1.165, 1.54) is 12.1 Å². The third-order valence-electron chi connectivity index (χ3n) is 5.52. The van der Waals surface area contributed by atoms with E-state index in [1.54, 1.807) is 13.0 Å². The first-order valence-corrected chi connectivity index (χ1v) is 11.0. The largest absolute Gasteiger partial charge is 0.396 e. The van der Waals surface area contributed by atoms with Crippen molar-refractivity contribution >= 4 is 17.3 Å². The van der Waals surface area contributed by atoms with Crippen LogP contribution in [0.15, 0.2) is 78.9 Å². The number of anilines is 1. The summed E-state index contributed by atoms with van der Waals surface area (Å²) in [6.07, 6.45) is 0.845. The van der Waals surface area contributed by atoms with Gasteiger partial charge in [0.05, 0.1) is 11.0 Å². The van der Waals surface area contributed by atoms with Gasteiger partial charge in [0.2, 0.25) is 5.91 Å². The molecule has 0 aromatic heterocycles. The number of aryl methyl sites for hydroxylation is 1. The number of non-ortho nitro benzene ring substituents is 1. The van der Waals surface area contributed by atoms with Crippen LogP contribution in [-0.4, -0.2) is 40.5 Å². The van der Waals surface area contributed by atoms with Gasteiger partial charge in [-0.15, -0.1) is 0 Å². The Morgan fingerprint density at radius 3 is 2.12 bits per heavy atom. The van der Waals surface area contributed by atoms with E-state index in [0.717, 1.165) is 11.1 Å². The van der Waals surface area contributed by atoms with E-state index in [0.29, 0.717) is 30.8 Å². The number of nitrogens with one attached hydrogen (secondary N) is 1. The van der Waals surface area contributed by atoms with Crippen LogP contribution in [0.4, 0.5) is 11.4 Å². The Bertz CT molecular complexity index is 1020. The van der Waals surface area contributed by atoms with Gasteiger partial charge in [0.1, 0.15) is 0 Å². The van der Waals surface area contributed by atoms with Crippen LogP contribution in [0, 0.1) is 17.0 Å². The molecular formula is C26H29N3O4. The quantitative estimate of drug-likeness (QED) is 0.328. The van der Waals surface area contributed by atoms with Crippen LogP contribution in [0.1, 0.15) is 35.6 Å². The molecule has 2 N–H and O–H groups in total. The van der Waals surface area contributed by atoms with Crippen LogP contribution in [0.2, 0.25) is 0 Å². The number of aliphatic hydroxyl groups excluding tert-OH is 1. The molecule has 0 heterocycles. The third-order valence-corrected chi connectivity index (χ3v) is 5.52. The molecule has 1 amide bonds. The highest BCUT2D eigenvalue weighted by Crippen LogP contribution is 2.29. The zero-order chi connectivity index (χ0) is 23.6. The molecule has 3 rings (SSSR count). The molecule has 7 heteroatoms. The average molecular weight is 448 g/mol. The number of aliphatic hydroxyl groups is 1. The van der Waals surface area contributed by atoms with E-state index in [9.17, 15) is 20.0 Å². The summed E-state index contributed by atoms with van der Waals surface area (Å²) in [5.41, 5.74) is 3.44. The van der Waals surface area contributed by atoms with Gasteiger partial charge in [-0.3, -0.25) is 19.8 Å². The van der Waals surface area contributed by atoms with Crippen LogP contribution in [-0.2, 0) is 4.79 Å². The van der Waals surface area contributed by atoms with E-state index in [2.05, 4.69) is 34.5 Å². The molecule has 0 aliphatic rings. The van der Waals surface area contributed by atoms with Crippen LogP contribution in [0.5, 0.6) is 0 Å². The van der Waals surface area contributed by atoms with Gasteiger partial charge in [0, 0.05) is 43.9 Å². The second-order valence-electron chi connectivity index (χ2n) is 7.89. The average Bonchev–Trinajstić information content (AvgIpc) is 2.83. The van der Waals surface area contributed by atoms with Crippen LogP contribution in [0.25, 0.3) is 0 Å². The van der Waals surface area contributed by atoms with Crippen molar-refractivity contribution in [1.82, 2.24) is 4.90 Å². The lowest BCUT2D eigenvalue weighted by atomic mass is 9.96. The summed E-state index contributed by atoms with van der Waals surface area (Å²) in [6.45, 7) is 2.93. The number of rotatable bonds is 11. The molecule has 0 aliphatic heterocycles. The van der Waals surface area contributed by atoms with Gasteiger partial charge in [-0.05, 0) is 36.1 Å². The first-order valence-electron chi connectivity index (χ1n) is 11.0. The molecule has 7 nitrogen and oxygen atoms in total. The minimum Gasteiger partial charge on any atom is -0.396 e. The summed E-state index contributed by atoms with van der Waals surface area (Å²) in [4.78, 5) is 25.4. The molecule has 0 radical (unpaired) electrons. The first-order chi connectivity index (χ1) is 16.0. The topological polar surface area (TPSA) is 95.7 Å². The van der Waals surface area contributed by atoms with Crippen molar-refractivity contribution in [2.24, 2.45) is 0 Å². The fraction of sp³-hybridized carbons (Fsp3) is 0.269. The highest BCUT2D eigenvalue weighted by molar-refractivity contribution is 5.91. The lowest BCUT2D eigenvalue weighted by Gasteiger charge is -2.32.